The first kappa shape index (κ1) is 21.1. The minimum absolute atomic E-state index is 0.0400. The molecule has 0 radical (unpaired) electrons. The monoisotopic (exact) mass is 378 g/mol. The summed E-state index contributed by atoms with van der Waals surface area (Å²) in [5.41, 5.74) is 3.42. The summed E-state index contributed by atoms with van der Waals surface area (Å²) in [6.45, 7) is 3.71. The van der Waals surface area contributed by atoms with Crippen molar-refractivity contribution in [3.8, 4) is 11.5 Å². The lowest BCUT2D eigenvalue weighted by Gasteiger charge is -2.21. The van der Waals surface area contributed by atoms with E-state index in [9.17, 15) is 8.78 Å². The fourth-order valence-corrected chi connectivity index (χ4v) is 2.68. The van der Waals surface area contributed by atoms with Gasteiger partial charge in [0.15, 0.2) is 11.5 Å². The van der Waals surface area contributed by atoms with E-state index in [-0.39, 0.29) is 5.75 Å². The van der Waals surface area contributed by atoms with Gasteiger partial charge in [-0.15, -0.1) is 0 Å². The lowest BCUT2D eigenvalue weighted by Crippen LogP contribution is -2.25. The molecule has 2 aromatic carbocycles. The van der Waals surface area contributed by atoms with Crippen molar-refractivity contribution in [3.05, 3.63) is 59.2 Å². The molecule has 0 fully saturated rings. The average molecular weight is 378 g/mol. The number of halogens is 2. The summed E-state index contributed by atoms with van der Waals surface area (Å²) in [4.78, 5) is 2.29. The fraction of sp³-hybridized carbons (Fsp3) is 0.429. The van der Waals surface area contributed by atoms with Crippen molar-refractivity contribution in [1.29, 1.82) is 0 Å². The maximum Gasteiger partial charge on any atom is 0.387 e. The van der Waals surface area contributed by atoms with Gasteiger partial charge in [-0.3, -0.25) is 4.90 Å². The highest BCUT2D eigenvalue weighted by Crippen LogP contribution is 2.29. The minimum Gasteiger partial charge on any atom is -0.493 e. The Hall–Kier alpha value is -2.18. The number of benzene rings is 2. The number of hydrogen-bond donors (Lipinski definition) is 1. The van der Waals surface area contributed by atoms with Crippen LogP contribution in [0.25, 0.3) is 0 Å². The van der Waals surface area contributed by atoms with Gasteiger partial charge in [-0.25, -0.2) is 0 Å². The molecule has 0 unspecified atom stereocenters. The molecular formula is C21H28F2N2O2. The summed E-state index contributed by atoms with van der Waals surface area (Å²) < 4.78 is 34.4. The van der Waals surface area contributed by atoms with Crippen LogP contribution in [0, 0.1) is 0 Å². The van der Waals surface area contributed by atoms with Crippen LogP contribution in [0.4, 0.5) is 8.78 Å². The molecule has 148 valence electrons. The summed E-state index contributed by atoms with van der Waals surface area (Å²) in [6, 6.07) is 14.0. The Balaban J connectivity index is 1.92. The predicted octanol–water partition coefficient (Wildman–Crippen LogP) is 4.43. The Morgan fingerprint density at radius 2 is 1.63 bits per heavy atom. The van der Waals surface area contributed by atoms with Crippen LogP contribution in [0.3, 0.4) is 0 Å². The summed E-state index contributed by atoms with van der Waals surface area (Å²) in [7, 11) is 3.55. The van der Waals surface area contributed by atoms with E-state index in [0.717, 1.165) is 18.7 Å². The van der Waals surface area contributed by atoms with Gasteiger partial charge < -0.3 is 14.8 Å². The standard InChI is InChI=1S/C21H28F2N2O2/c1-15(2)25(3)14-18-7-5-6-16(10-18)12-24-13-17-8-9-19(27-21(22)23)20(11-17)26-4/h5-11,15,21,24H,12-14H2,1-4H3. The highest BCUT2D eigenvalue weighted by atomic mass is 19.3. The van der Waals surface area contributed by atoms with E-state index in [4.69, 9.17) is 4.74 Å². The molecule has 0 atom stereocenters. The zero-order valence-electron chi connectivity index (χ0n) is 16.3. The van der Waals surface area contributed by atoms with E-state index in [1.54, 1.807) is 12.1 Å². The maximum absolute atomic E-state index is 12.4. The second-order valence-electron chi connectivity index (χ2n) is 6.80. The smallest absolute Gasteiger partial charge is 0.387 e. The van der Waals surface area contributed by atoms with Crippen molar-refractivity contribution in [2.75, 3.05) is 14.2 Å². The third-order valence-corrected chi connectivity index (χ3v) is 4.41. The van der Waals surface area contributed by atoms with E-state index in [2.05, 4.69) is 60.1 Å². The molecule has 6 heteroatoms. The number of ether oxygens (including phenoxy) is 2. The third-order valence-electron chi connectivity index (χ3n) is 4.41. The van der Waals surface area contributed by atoms with Gasteiger partial charge in [-0.1, -0.05) is 30.3 Å². The highest BCUT2D eigenvalue weighted by molar-refractivity contribution is 5.43. The zero-order valence-corrected chi connectivity index (χ0v) is 16.3. The fourth-order valence-electron chi connectivity index (χ4n) is 2.68. The quantitative estimate of drug-likeness (QED) is 0.663. The molecule has 4 nitrogen and oxygen atoms in total. The van der Waals surface area contributed by atoms with Crippen molar-refractivity contribution >= 4 is 0 Å². The maximum atomic E-state index is 12.4. The number of nitrogens with zero attached hydrogens (tertiary/aromatic N) is 1. The molecule has 0 aromatic heterocycles. The summed E-state index contributed by atoms with van der Waals surface area (Å²) in [5.74, 6) is 0.339. The summed E-state index contributed by atoms with van der Waals surface area (Å²) in [5, 5.41) is 3.37. The van der Waals surface area contributed by atoms with Crippen molar-refractivity contribution in [2.24, 2.45) is 0 Å². The lowest BCUT2D eigenvalue weighted by molar-refractivity contribution is -0.0512. The molecule has 0 saturated carbocycles. The Kier molecular flexibility index (Phi) is 8.00. The van der Waals surface area contributed by atoms with Crippen molar-refractivity contribution < 1.29 is 18.3 Å². The Morgan fingerprint density at radius 1 is 0.963 bits per heavy atom. The van der Waals surface area contributed by atoms with Gasteiger partial charge in [-0.2, -0.15) is 8.78 Å². The van der Waals surface area contributed by atoms with Gasteiger partial charge in [0, 0.05) is 25.7 Å². The van der Waals surface area contributed by atoms with Crippen LogP contribution >= 0.6 is 0 Å². The van der Waals surface area contributed by atoms with Crippen LogP contribution in [-0.2, 0) is 19.6 Å². The molecule has 0 aliphatic heterocycles. The molecule has 27 heavy (non-hydrogen) atoms. The molecule has 0 bridgehead atoms. The van der Waals surface area contributed by atoms with E-state index >= 15 is 0 Å². The average Bonchev–Trinajstić information content (AvgIpc) is 2.62. The van der Waals surface area contributed by atoms with Crippen LogP contribution in [0.15, 0.2) is 42.5 Å². The first-order valence-electron chi connectivity index (χ1n) is 8.99. The molecule has 1 N–H and O–H groups in total. The third kappa shape index (κ3) is 6.81. The van der Waals surface area contributed by atoms with E-state index in [1.807, 2.05) is 0 Å². The summed E-state index contributed by atoms with van der Waals surface area (Å²) >= 11 is 0. The van der Waals surface area contributed by atoms with Crippen LogP contribution in [-0.4, -0.2) is 31.7 Å². The van der Waals surface area contributed by atoms with E-state index in [1.165, 1.54) is 24.3 Å². The topological polar surface area (TPSA) is 33.7 Å². The Bertz CT molecular complexity index is 723. The van der Waals surface area contributed by atoms with Gasteiger partial charge in [0.2, 0.25) is 0 Å². The lowest BCUT2D eigenvalue weighted by atomic mass is 10.1. The molecule has 2 aromatic rings. The second kappa shape index (κ2) is 10.2. The van der Waals surface area contributed by atoms with Gasteiger partial charge in [-0.05, 0) is 49.7 Å². The number of hydrogen-bond acceptors (Lipinski definition) is 4. The second-order valence-corrected chi connectivity index (χ2v) is 6.80. The molecule has 2 rings (SSSR count). The van der Waals surface area contributed by atoms with Crippen LogP contribution in [0.2, 0.25) is 0 Å². The number of methoxy groups -OCH3 is 1. The first-order chi connectivity index (χ1) is 12.9. The Labute approximate surface area is 160 Å². The first-order valence-corrected chi connectivity index (χ1v) is 8.99. The van der Waals surface area contributed by atoms with Gasteiger partial charge in [0.05, 0.1) is 7.11 Å². The van der Waals surface area contributed by atoms with E-state index < -0.39 is 6.61 Å². The number of alkyl halides is 2. The summed E-state index contributed by atoms with van der Waals surface area (Å²) in [6.07, 6.45) is 0. The molecule has 0 amide bonds. The van der Waals surface area contributed by atoms with E-state index in [0.29, 0.717) is 18.3 Å². The molecule has 0 aliphatic rings. The molecule has 0 spiro atoms. The molecule has 0 saturated heterocycles. The van der Waals surface area contributed by atoms with Gasteiger partial charge in [0.1, 0.15) is 0 Å². The largest absolute Gasteiger partial charge is 0.493 e. The van der Waals surface area contributed by atoms with Gasteiger partial charge in [0.25, 0.3) is 0 Å². The zero-order chi connectivity index (χ0) is 19.8. The Morgan fingerprint density at radius 3 is 2.26 bits per heavy atom. The van der Waals surface area contributed by atoms with Crippen molar-refractivity contribution in [2.45, 2.75) is 46.1 Å². The highest BCUT2D eigenvalue weighted by Gasteiger charge is 2.11. The van der Waals surface area contributed by atoms with Crippen LogP contribution in [0.1, 0.15) is 30.5 Å². The normalized spacial score (nSPS) is 11.4. The van der Waals surface area contributed by atoms with Crippen LogP contribution < -0.4 is 14.8 Å². The minimum atomic E-state index is -2.87. The number of nitrogens with one attached hydrogen (secondary N) is 1. The molecular weight excluding hydrogens is 350 g/mol. The van der Waals surface area contributed by atoms with Crippen molar-refractivity contribution in [3.63, 3.8) is 0 Å². The molecule has 0 heterocycles. The SMILES string of the molecule is COc1cc(CNCc2cccc(CN(C)C(C)C)c2)ccc1OC(F)F. The van der Waals surface area contributed by atoms with Gasteiger partial charge >= 0.3 is 6.61 Å². The van der Waals surface area contributed by atoms with Crippen molar-refractivity contribution in [1.82, 2.24) is 10.2 Å². The van der Waals surface area contributed by atoms with Crippen LogP contribution in [0.5, 0.6) is 11.5 Å². The molecule has 0 aliphatic carbocycles. The number of rotatable bonds is 10. The predicted molar refractivity (Wildman–Crippen MR) is 103 cm³/mol.